The second-order valence-electron chi connectivity index (χ2n) is 5.39. The van der Waals surface area contributed by atoms with Crippen LogP contribution >= 0.6 is 11.6 Å². The van der Waals surface area contributed by atoms with Crippen molar-refractivity contribution in [1.29, 1.82) is 0 Å². The van der Waals surface area contributed by atoms with E-state index < -0.39 is 5.82 Å². The van der Waals surface area contributed by atoms with Gasteiger partial charge in [0.2, 0.25) is 5.91 Å². The average Bonchev–Trinajstić information content (AvgIpc) is 2.43. The smallest absolute Gasteiger partial charge is 0.231 e. The molecular weight excluding hydrogens is 279 g/mol. The van der Waals surface area contributed by atoms with Crippen LogP contribution in [0.5, 0.6) is 0 Å². The van der Waals surface area contributed by atoms with Gasteiger partial charge in [0, 0.05) is 6.54 Å². The number of rotatable bonds is 4. The highest BCUT2D eigenvalue weighted by atomic mass is 35.5. The maximum absolute atomic E-state index is 13.0. The molecule has 0 spiro atoms. The van der Waals surface area contributed by atoms with E-state index in [1.54, 1.807) is 0 Å². The number of carbonyl (C=O) groups excluding carboxylic acids is 1. The van der Waals surface area contributed by atoms with E-state index in [-0.39, 0.29) is 16.3 Å². The molecule has 3 nitrogen and oxygen atoms in total. The van der Waals surface area contributed by atoms with Crippen LogP contribution in [-0.2, 0) is 4.79 Å². The summed E-state index contributed by atoms with van der Waals surface area (Å²) in [6.45, 7) is 3.72. The van der Waals surface area contributed by atoms with Crippen molar-refractivity contribution in [3.8, 4) is 0 Å². The molecule has 0 bridgehead atoms. The van der Waals surface area contributed by atoms with E-state index in [1.807, 2.05) is 0 Å². The first-order valence-corrected chi connectivity index (χ1v) is 7.42. The number of benzene rings is 1. The van der Waals surface area contributed by atoms with Crippen molar-refractivity contribution >= 4 is 23.2 Å². The lowest BCUT2D eigenvalue weighted by molar-refractivity contribution is -0.127. The summed E-state index contributed by atoms with van der Waals surface area (Å²) in [7, 11) is 0. The largest absolute Gasteiger partial charge is 0.324 e. The number of halogens is 2. The molecule has 110 valence electrons. The molecule has 2 N–H and O–H groups in total. The lowest BCUT2D eigenvalue weighted by Crippen LogP contribution is -2.48. The minimum absolute atomic E-state index is 0.0277. The fourth-order valence-electron chi connectivity index (χ4n) is 2.81. The number of hydrogen-bond donors (Lipinski definition) is 2. The second kappa shape index (κ2) is 6.55. The summed E-state index contributed by atoms with van der Waals surface area (Å²) in [5.74, 6) is -0.435. The van der Waals surface area contributed by atoms with Gasteiger partial charge in [-0.15, -0.1) is 0 Å². The van der Waals surface area contributed by atoms with E-state index in [4.69, 9.17) is 11.6 Å². The Bertz CT molecular complexity index is 481. The zero-order chi connectivity index (χ0) is 14.6. The minimum atomic E-state index is -0.407. The van der Waals surface area contributed by atoms with Gasteiger partial charge in [-0.3, -0.25) is 4.79 Å². The Morgan fingerprint density at radius 2 is 2.35 bits per heavy atom. The van der Waals surface area contributed by atoms with Gasteiger partial charge in [-0.25, -0.2) is 4.39 Å². The molecule has 1 atom stereocenters. The molecule has 20 heavy (non-hydrogen) atoms. The molecule has 1 heterocycles. The normalized spacial score (nSPS) is 22.6. The van der Waals surface area contributed by atoms with Crippen molar-refractivity contribution in [3.05, 3.63) is 29.0 Å². The minimum Gasteiger partial charge on any atom is -0.324 e. The van der Waals surface area contributed by atoms with Crippen molar-refractivity contribution in [1.82, 2.24) is 5.32 Å². The summed E-state index contributed by atoms with van der Waals surface area (Å²) in [5.41, 5.74) is 0.0872. The molecular formula is C15H20ClFN2O. The molecule has 1 aliphatic rings. The molecule has 0 saturated carbocycles. The number of hydrogen-bond acceptors (Lipinski definition) is 2. The summed E-state index contributed by atoms with van der Waals surface area (Å²) >= 11 is 5.96. The third kappa shape index (κ3) is 3.30. The van der Waals surface area contributed by atoms with Crippen LogP contribution in [0, 0.1) is 11.2 Å². The van der Waals surface area contributed by atoms with Gasteiger partial charge >= 0.3 is 0 Å². The van der Waals surface area contributed by atoms with Gasteiger partial charge in [0.1, 0.15) is 5.82 Å². The Morgan fingerprint density at radius 1 is 1.55 bits per heavy atom. The van der Waals surface area contributed by atoms with E-state index in [0.29, 0.717) is 12.2 Å². The number of anilines is 1. The van der Waals surface area contributed by atoms with Crippen LogP contribution in [0.2, 0.25) is 5.02 Å². The van der Waals surface area contributed by atoms with Crippen molar-refractivity contribution in [3.63, 3.8) is 0 Å². The molecule has 1 unspecified atom stereocenters. The van der Waals surface area contributed by atoms with Gasteiger partial charge < -0.3 is 10.6 Å². The van der Waals surface area contributed by atoms with Gasteiger partial charge in [-0.1, -0.05) is 24.9 Å². The molecule has 0 aromatic heterocycles. The predicted molar refractivity (Wildman–Crippen MR) is 79.5 cm³/mol. The highest BCUT2D eigenvalue weighted by molar-refractivity contribution is 6.33. The van der Waals surface area contributed by atoms with E-state index in [0.717, 1.165) is 32.2 Å². The highest BCUT2D eigenvalue weighted by Crippen LogP contribution is 2.34. The van der Waals surface area contributed by atoms with Crippen LogP contribution in [0.3, 0.4) is 0 Å². The summed E-state index contributed by atoms with van der Waals surface area (Å²) in [6, 6.07) is 4.02. The quantitative estimate of drug-likeness (QED) is 0.892. The lowest BCUT2D eigenvalue weighted by atomic mass is 9.76. The molecule has 1 aromatic rings. The molecule has 5 heteroatoms. The summed E-state index contributed by atoms with van der Waals surface area (Å²) < 4.78 is 13.0. The third-order valence-corrected chi connectivity index (χ3v) is 4.17. The molecule has 1 aromatic carbocycles. The van der Waals surface area contributed by atoms with Crippen LogP contribution < -0.4 is 10.6 Å². The van der Waals surface area contributed by atoms with Gasteiger partial charge in [0.15, 0.2) is 0 Å². The fraction of sp³-hybridized carbons (Fsp3) is 0.533. The Morgan fingerprint density at radius 3 is 2.95 bits per heavy atom. The molecule has 0 aliphatic carbocycles. The zero-order valence-electron chi connectivity index (χ0n) is 11.6. The van der Waals surface area contributed by atoms with Crippen LogP contribution in [0.4, 0.5) is 10.1 Å². The monoisotopic (exact) mass is 298 g/mol. The van der Waals surface area contributed by atoms with Gasteiger partial charge in [0.25, 0.3) is 0 Å². The van der Waals surface area contributed by atoms with E-state index in [9.17, 15) is 9.18 Å². The molecule has 1 saturated heterocycles. The number of piperidine rings is 1. The first-order valence-electron chi connectivity index (χ1n) is 7.04. The van der Waals surface area contributed by atoms with Crippen LogP contribution in [0.25, 0.3) is 0 Å². The van der Waals surface area contributed by atoms with Crippen molar-refractivity contribution in [2.24, 2.45) is 5.41 Å². The number of amides is 1. The number of carbonyl (C=O) groups is 1. The molecule has 1 amide bonds. The topological polar surface area (TPSA) is 41.1 Å². The average molecular weight is 299 g/mol. The summed E-state index contributed by atoms with van der Waals surface area (Å²) in [4.78, 5) is 12.6. The zero-order valence-corrected chi connectivity index (χ0v) is 12.4. The Balaban J connectivity index is 2.15. The molecule has 1 aliphatic heterocycles. The lowest BCUT2D eigenvalue weighted by Gasteiger charge is -2.36. The second-order valence-corrected chi connectivity index (χ2v) is 5.80. The molecule has 2 rings (SSSR count). The number of nitrogens with one attached hydrogen (secondary N) is 2. The maximum Gasteiger partial charge on any atom is 0.231 e. The first kappa shape index (κ1) is 15.3. The Labute approximate surface area is 123 Å². The van der Waals surface area contributed by atoms with Crippen LogP contribution in [-0.4, -0.2) is 19.0 Å². The molecule has 0 radical (unpaired) electrons. The summed E-state index contributed by atoms with van der Waals surface area (Å²) in [5, 5.41) is 6.38. The van der Waals surface area contributed by atoms with Crippen molar-refractivity contribution in [2.75, 3.05) is 18.4 Å². The Kier molecular flexibility index (Phi) is 5.00. The van der Waals surface area contributed by atoms with Crippen molar-refractivity contribution < 1.29 is 9.18 Å². The van der Waals surface area contributed by atoms with E-state index >= 15 is 0 Å². The standard InChI is InChI=1S/C15H20ClFN2O/c1-2-6-15(7-3-8-18-10-15)14(20)19-13-5-4-11(17)9-12(13)16/h4-5,9,18H,2-3,6-8,10H2,1H3,(H,19,20). The van der Waals surface area contributed by atoms with E-state index in [2.05, 4.69) is 17.6 Å². The van der Waals surface area contributed by atoms with E-state index in [1.165, 1.54) is 18.2 Å². The third-order valence-electron chi connectivity index (χ3n) is 3.86. The first-order chi connectivity index (χ1) is 9.57. The van der Waals surface area contributed by atoms with Gasteiger partial charge in [-0.05, 0) is 44.0 Å². The predicted octanol–water partition coefficient (Wildman–Crippen LogP) is 3.59. The van der Waals surface area contributed by atoms with Crippen LogP contribution in [0.1, 0.15) is 32.6 Å². The van der Waals surface area contributed by atoms with Gasteiger partial charge in [-0.2, -0.15) is 0 Å². The summed E-state index contributed by atoms with van der Waals surface area (Å²) in [6.07, 6.45) is 3.65. The fourth-order valence-corrected chi connectivity index (χ4v) is 3.03. The van der Waals surface area contributed by atoms with Gasteiger partial charge in [0.05, 0.1) is 16.1 Å². The maximum atomic E-state index is 13.0. The van der Waals surface area contributed by atoms with Crippen molar-refractivity contribution in [2.45, 2.75) is 32.6 Å². The molecule has 1 fully saturated rings. The highest BCUT2D eigenvalue weighted by Gasteiger charge is 2.38. The SMILES string of the molecule is CCCC1(C(=O)Nc2ccc(F)cc2Cl)CCCNC1. The van der Waals surface area contributed by atoms with Crippen LogP contribution in [0.15, 0.2) is 18.2 Å². The Hall–Kier alpha value is -1.13.